The van der Waals surface area contributed by atoms with E-state index in [0.29, 0.717) is 15.7 Å². The fraction of sp³-hybridized carbons (Fsp3) is 0.409. The summed E-state index contributed by atoms with van der Waals surface area (Å²) in [5.74, 6) is 0.378. The van der Waals surface area contributed by atoms with Gasteiger partial charge in [-0.05, 0) is 80.5 Å². The highest BCUT2D eigenvalue weighted by molar-refractivity contribution is 8.00. The van der Waals surface area contributed by atoms with Gasteiger partial charge in [0.25, 0.3) is 0 Å². The molecule has 1 spiro atoms. The first-order valence-corrected chi connectivity index (χ1v) is 11.5. The van der Waals surface area contributed by atoms with E-state index in [4.69, 9.17) is 16.3 Å². The van der Waals surface area contributed by atoms with Crippen molar-refractivity contribution in [2.24, 2.45) is 0 Å². The normalized spacial score (nSPS) is 19.9. The predicted octanol–water partition coefficient (Wildman–Crippen LogP) is 5.10. The summed E-state index contributed by atoms with van der Waals surface area (Å²) in [5, 5.41) is 6.78. The fourth-order valence-corrected chi connectivity index (χ4v) is 5.22. The molecule has 1 saturated carbocycles. The second-order valence-corrected chi connectivity index (χ2v) is 9.42. The van der Waals surface area contributed by atoms with Gasteiger partial charge in [0.05, 0.1) is 16.0 Å². The average molecular weight is 448 g/mol. The number of carbonyl (C=O) groups is 1. The van der Waals surface area contributed by atoms with Gasteiger partial charge in [0, 0.05) is 16.8 Å². The van der Waals surface area contributed by atoms with Gasteiger partial charge in [0.15, 0.2) is 0 Å². The Morgan fingerprint density at radius 2 is 2.00 bits per heavy atom. The molecule has 1 amide bonds. The van der Waals surface area contributed by atoms with Crippen LogP contribution < -0.4 is 20.1 Å². The van der Waals surface area contributed by atoms with E-state index >= 15 is 0 Å². The van der Waals surface area contributed by atoms with Crippen molar-refractivity contribution in [1.29, 1.82) is 0 Å². The average Bonchev–Trinajstić information content (AvgIpc) is 3.00. The van der Waals surface area contributed by atoms with Crippen molar-refractivity contribution >= 4 is 40.8 Å². The molecule has 0 aromatic heterocycles. The molecule has 1 aliphatic carbocycles. The molecule has 0 radical (unpaired) electrons. The van der Waals surface area contributed by atoms with Crippen molar-refractivity contribution < 1.29 is 13.9 Å². The van der Waals surface area contributed by atoms with Crippen molar-refractivity contribution in [3.8, 4) is 5.75 Å². The highest BCUT2D eigenvalue weighted by Crippen LogP contribution is 2.54. The molecule has 158 valence electrons. The number of hydrogen-bond donors (Lipinski definition) is 3. The molecule has 3 aliphatic rings. The van der Waals surface area contributed by atoms with Gasteiger partial charge in [-0.3, -0.25) is 4.79 Å². The van der Waals surface area contributed by atoms with E-state index in [0.717, 1.165) is 62.1 Å². The summed E-state index contributed by atoms with van der Waals surface area (Å²) in [7, 11) is 0. The number of carbonyl (C=O) groups excluding carboxylic acids is 1. The van der Waals surface area contributed by atoms with Crippen LogP contribution in [0.25, 0.3) is 0 Å². The van der Waals surface area contributed by atoms with Gasteiger partial charge in [0.1, 0.15) is 17.7 Å². The molecule has 0 unspecified atom stereocenters. The lowest BCUT2D eigenvalue weighted by Gasteiger charge is -2.36. The maximum atomic E-state index is 14.2. The van der Waals surface area contributed by atoms with Crippen LogP contribution in [0.3, 0.4) is 0 Å². The summed E-state index contributed by atoms with van der Waals surface area (Å²) in [6.07, 6.45) is 4.70. The Kier molecular flexibility index (Phi) is 5.29. The Hall–Kier alpha value is -1.96. The van der Waals surface area contributed by atoms with Crippen LogP contribution in [-0.2, 0) is 10.2 Å². The number of fused-ring (bicyclic) bond motifs is 2. The molecule has 2 aromatic carbocycles. The monoisotopic (exact) mass is 447 g/mol. The molecule has 30 heavy (non-hydrogen) atoms. The van der Waals surface area contributed by atoms with Crippen molar-refractivity contribution in [2.75, 3.05) is 23.1 Å². The van der Waals surface area contributed by atoms with Crippen molar-refractivity contribution in [1.82, 2.24) is 5.32 Å². The molecule has 2 fully saturated rings. The van der Waals surface area contributed by atoms with Gasteiger partial charge in [-0.1, -0.05) is 18.0 Å². The third-order valence-electron chi connectivity index (χ3n) is 6.25. The number of rotatable bonds is 5. The number of hydrogen-bond acceptors (Lipinski definition) is 5. The summed E-state index contributed by atoms with van der Waals surface area (Å²) >= 11 is 7.03. The standard InChI is InChI=1S/C22H23ClFN3O2S/c23-13-2-3-19(17(24)10-13)30-27-14-11-16-20(26-21(28)22(16)6-1-7-22)18(12-14)29-15-4-8-25-9-5-15/h2-3,10-12,15,25,27H,1,4-9H2,(H,26,28). The summed E-state index contributed by atoms with van der Waals surface area (Å²) in [4.78, 5) is 13.2. The van der Waals surface area contributed by atoms with Crippen molar-refractivity contribution in [3.63, 3.8) is 0 Å². The first-order valence-electron chi connectivity index (χ1n) is 10.3. The second kappa shape index (κ2) is 7.94. The summed E-state index contributed by atoms with van der Waals surface area (Å²) in [6.45, 7) is 1.85. The Balaban J connectivity index is 1.45. The fourth-order valence-electron chi connectivity index (χ4n) is 4.42. The van der Waals surface area contributed by atoms with E-state index in [-0.39, 0.29) is 17.8 Å². The predicted molar refractivity (Wildman–Crippen MR) is 118 cm³/mol. The van der Waals surface area contributed by atoms with Crippen LogP contribution in [0.1, 0.15) is 37.7 Å². The first-order chi connectivity index (χ1) is 14.5. The second-order valence-electron chi connectivity index (χ2n) is 8.13. The third-order valence-corrected chi connectivity index (χ3v) is 7.37. The third kappa shape index (κ3) is 3.53. The number of halogens is 2. The minimum atomic E-state index is -0.449. The van der Waals surface area contributed by atoms with E-state index in [9.17, 15) is 9.18 Å². The van der Waals surface area contributed by atoms with E-state index in [1.807, 2.05) is 12.1 Å². The van der Waals surface area contributed by atoms with Crippen LogP contribution in [-0.4, -0.2) is 25.1 Å². The van der Waals surface area contributed by atoms with Gasteiger partial charge < -0.3 is 20.1 Å². The van der Waals surface area contributed by atoms with Crippen molar-refractivity contribution in [2.45, 2.75) is 48.5 Å². The van der Waals surface area contributed by atoms with Gasteiger partial charge in [0.2, 0.25) is 5.91 Å². The Labute approximate surface area is 184 Å². The zero-order valence-electron chi connectivity index (χ0n) is 16.4. The number of ether oxygens (including phenoxy) is 1. The lowest BCUT2D eigenvalue weighted by atomic mass is 9.65. The van der Waals surface area contributed by atoms with Gasteiger partial charge in [-0.15, -0.1) is 0 Å². The number of piperidine rings is 1. The molecule has 5 rings (SSSR count). The van der Waals surface area contributed by atoms with Crippen LogP contribution in [0.4, 0.5) is 15.8 Å². The smallest absolute Gasteiger partial charge is 0.235 e. The highest BCUT2D eigenvalue weighted by Gasteiger charge is 2.52. The Bertz CT molecular complexity index is 993. The van der Waals surface area contributed by atoms with Crippen LogP contribution in [0.5, 0.6) is 5.75 Å². The largest absolute Gasteiger partial charge is 0.488 e. The summed E-state index contributed by atoms with van der Waals surface area (Å²) < 4.78 is 23.7. The minimum Gasteiger partial charge on any atom is -0.488 e. The lowest BCUT2D eigenvalue weighted by molar-refractivity contribution is -0.123. The quantitative estimate of drug-likeness (QED) is 0.556. The van der Waals surface area contributed by atoms with Gasteiger partial charge in [-0.2, -0.15) is 0 Å². The zero-order valence-corrected chi connectivity index (χ0v) is 18.0. The maximum Gasteiger partial charge on any atom is 0.235 e. The minimum absolute atomic E-state index is 0.0625. The summed E-state index contributed by atoms with van der Waals surface area (Å²) in [6, 6.07) is 8.51. The van der Waals surface area contributed by atoms with Crippen LogP contribution in [0.2, 0.25) is 5.02 Å². The topological polar surface area (TPSA) is 62.4 Å². The SMILES string of the molecule is O=C1Nc2c(OC3CCNCC3)cc(NSc3ccc(Cl)cc3F)cc2C12CCC2. The number of nitrogens with one attached hydrogen (secondary N) is 3. The molecule has 3 N–H and O–H groups in total. The molecule has 1 saturated heterocycles. The molecule has 2 aromatic rings. The van der Waals surface area contributed by atoms with Crippen LogP contribution in [0, 0.1) is 5.82 Å². The zero-order chi connectivity index (χ0) is 20.7. The highest BCUT2D eigenvalue weighted by atomic mass is 35.5. The van der Waals surface area contributed by atoms with Gasteiger partial charge >= 0.3 is 0 Å². The lowest BCUT2D eigenvalue weighted by Crippen LogP contribution is -2.40. The summed E-state index contributed by atoms with van der Waals surface area (Å²) in [5.41, 5.74) is 2.13. The van der Waals surface area contributed by atoms with E-state index in [1.54, 1.807) is 12.1 Å². The number of benzene rings is 2. The molecule has 0 bridgehead atoms. The molecule has 5 nitrogen and oxygen atoms in total. The molecule has 2 heterocycles. The molecular weight excluding hydrogens is 425 g/mol. The van der Waals surface area contributed by atoms with Crippen LogP contribution >= 0.6 is 23.5 Å². The Morgan fingerprint density at radius 3 is 2.70 bits per heavy atom. The molecule has 8 heteroatoms. The molecule has 2 aliphatic heterocycles. The van der Waals surface area contributed by atoms with E-state index in [2.05, 4.69) is 15.4 Å². The van der Waals surface area contributed by atoms with Gasteiger partial charge in [-0.25, -0.2) is 4.39 Å². The molecular formula is C22H23ClFN3O2S. The first kappa shape index (κ1) is 20.0. The maximum absolute atomic E-state index is 14.2. The Morgan fingerprint density at radius 1 is 1.20 bits per heavy atom. The van der Waals surface area contributed by atoms with Crippen molar-refractivity contribution in [3.05, 3.63) is 46.7 Å². The number of amides is 1. The van der Waals surface area contributed by atoms with E-state index < -0.39 is 5.41 Å². The molecule has 0 atom stereocenters. The number of anilines is 2. The van der Waals surface area contributed by atoms with Crippen LogP contribution in [0.15, 0.2) is 35.2 Å². The van der Waals surface area contributed by atoms with E-state index in [1.165, 1.54) is 18.0 Å².